The number of hydrogen-bond acceptors (Lipinski definition) is 3. The van der Waals surface area contributed by atoms with E-state index in [9.17, 15) is 0 Å². The van der Waals surface area contributed by atoms with Crippen LogP contribution >= 0.6 is 23.2 Å². The van der Waals surface area contributed by atoms with Gasteiger partial charge in [0.25, 0.3) is 0 Å². The van der Waals surface area contributed by atoms with Crippen LogP contribution in [0.1, 0.15) is 49.6 Å². The highest BCUT2D eigenvalue weighted by Gasteiger charge is 2.10. The van der Waals surface area contributed by atoms with Crippen LogP contribution < -0.4 is 0 Å². The summed E-state index contributed by atoms with van der Waals surface area (Å²) in [4.78, 5) is 0. The van der Waals surface area contributed by atoms with Crippen molar-refractivity contribution in [3.63, 3.8) is 0 Å². The number of aromatic nitrogens is 4. The van der Waals surface area contributed by atoms with Gasteiger partial charge in [-0.25, -0.2) is 5.10 Å². The fraction of sp³-hybridized carbons (Fsp3) is 0.533. The van der Waals surface area contributed by atoms with E-state index in [0.717, 1.165) is 55.8 Å². The van der Waals surface area contributed by atoms with E-state index in [1.54, 1.807) is 0 Å². The topological polar surface area (TPSA) is 54.5 Å². The lowest BCUT2D eigenvalue weighted by Crippen LogP contribution is -1.97. The number of H-pyrrole nitrogens is 1. The molecule has 2 rings (SSSR count). The summed E-state index contributed by atoms with van der Waals surface area (Å²) < 4.78 is 0. The molecule has 0 amide bonds. The van der Waals surface area contributed by atoms with Crippen molar-refractivity contribution in [2.45, 2.75) is 51.9 Å². The van der Waals surface area contributed by atoms with Gasteiger partial charge in [0.1, 0.15) is 5.82 Å². The van der Waals surface area contributed by atoms with E-state index in [2.05, 4.69) is 33.6 Å². The number of aromatic amines is 1. The Morgan fingerprint density at radius 3 is 2.57 bits per heavy atom. The zero-order valence-electron chi connectivity index (χ0n) is 12.2. The molecule has 0 bridgehead atoms. The average molecular weight is 327 g/mol. The van der Waals surface area contributed by atoms with E-state index in [4.69, 9.17) is 23.2 Å². The summed E-state index contributed by atoms with van der Waals surface area (Å²) in [7, 11) is 0. The van der Waals surface area contributed by atoms with Crippen molar-refractivity contribution in [3.8, 4) is 0 Å². The van der Waals surface area contributed by atoms with Crippen LogP contribution in [0.3, 0.4) is 0 Å². The van der Waals surface area contributed by atoms with E-state index in [1.165, 1.54) is 11.1 Å². The normalized spacial score (nSPS) is 11.0. The second-order valence-corrected chi connectivity index (χ2v) is 5.94. The molecule has 0 fully saturated rings. The Balaban J connectivity index is 1.83. The highest BCUT2D eigenvalue weighted by atomic mass is 35.5. The van der Waals surface area contributed by atoms with E-state index < -0.39 is 0 Å². The minimum atomic E-state index is 0.654. The molecule has 2 aromatic rings. The van der Waals surface area contributed by atoms with E-state index in [1.807, 2.05) is 6.07 Å². The molecule has 4 nitrogen and oxygen atoms in total. The first kappa shape index (κ1) is 16.2. The Morgan fingerprint density at radius 2 is 1.86 bits per heavy atom. The molecule has 1 aromatic carbocycles. The predicted molar refractivity (Wildman–Crippen MR) is 85.9 cm³/mol. The minimum absolute atomic E-state index is 0.654. The molecule has 0 saturated carbocycles. The average Bonchev–Trinajstić information content (AvgIpc) is 2.99. The third-order valence-electron chi connectivity index (χ3n) is 3.54. The van der Waals surface area contributed by atoms with E-state index in [-0.39, 0.29) is 0 Å². The molecule has 114 valence electrons. The van der Waals surface area contributed by atoms with Gasteiger partial charge in [0.2, 0.25) is 0 Å². The summed E-state index contributed by atoms with van der Waals surface area (Å²) in [6.45, 7) is 2.16. The van der Waals surface area contributed by atoms with Crippen molar-refractivity contribution in [3.05, 3.63) is 39.1 Å². The maximum atomic E-state index is 6.33. The lowest BCUT2D eigenvalue weighted by atomic mass is 9.98. The summed E-state index contributed by atoms with van der Waals surface area (Å²) in [6, 6.07) is 4.01. The first-order valence-corrected chi connectivity index (χ1v) is 8.16. The molecule has 21 heavy (non-hydrogen) atoms. The Hall–Kier alpha value is -1.13. The quantitative estimate of drug-likeness (QED) is 0.731. The van der Waals surface area contributed by atoms with Crippen molar-refractivity contribution in [1.29, 1.82) is 0 Å². The number of aryl methyl sites for hydroxylation is 2. The van der Waals surface area contributed by atoms with Crippen LogP contribution in [-0.2, 0) is 19.3 Å². The highest BCUT2D eigenvalue weighted by molar-refractivity contribution is 6.42. The zero-order chi connectivity index (χ0) is 15.1. The fourth-order valence-electron chi connectivity index (χ4n) is 2.46. The van der Waals surface area contributed by atoms with Crippen LogP contribution in [0.5, 0.6) is 0 Å². The third kappa shape index (κ3) is 4.68. The molecule has 1 heterocycles. The number of rotatable bonds is 8. The predicted octanol–water partition coefficient (Wildman–Crippen LogP) is 4.41. The Labute approximate surface area is 135 Å². The van der Waals surface area contributed by atoms with Crippen molar-refractivity contribution in [1.82, 2.24) is 20.6 Å². The summed E-state index contributed by atoms with van der Waals surface area (Å²) in [5.74, 6) is 0.858. The van der Waals surface area contributed by atoms with Crippen LogP contribution in [-0.4, -0.2) is 20.6 Å². The van der Waals surface area contributed by atoms with Crippen molar-refractivity contribution < 1.29 is 0 Å². The molecule has 0 unspecified atom stereocenters. The minimum Gasteiger partial charge on any atom is -0.243 e. The van der Waals surface area contributed by atoms with E-state index in [0.29, 0.717) is 5.02 Å². The lowest BCUT2D eigenvalue weighted by Gasteiger charge is -2.12. The Kier molecular flexibility index (Phi) is 6.46. The molecular formula is C15H20Cl2N4. The number of nitrogens with one attached hydrogen (secondary N) is 1. The molecule has 1 aromatic heterocycles. The second kappa shape index (κ2) is 8.35. The SMILES string of the molecule is CCCc1c(CCCCCc2nnn[nH]2)ccc(Cl)c1Cl. The molecule has 0 spiro atoms. The van der Waals surface area contributed by atoms with Gasteiger partial charge < -0.3 is 0 Å². The molecule has 0 aliphatic heterocycles. The first-order chi connectivity index (χ1) is 10.2. The van der Waals surface area contributed by atoms with Gasteiger partial charge in [-0.2, -0.15) is 0 Å². The Bertz CT molecular complexity index is 555. The molecule has 0 atom stereocenters. The second-order valence-electron chi connectivity index (χ2n) is 5.16. The van der Waals surface area contributed by atoms with E-state index >= 15 is 0 Å². The summed E-state index contributed by atoms with van der Waals surface area (Å²) in [6.07, 6.45) is 7.37. The molecule has 1 N–H and O–H groups in total. The lowest BCUT2D eigenvalue weighted by molar-refractivity contribution is 0.660. The highest BCUT2D eigenvalue weighted by Crippen LogP contribution is 2.30. The summed E-state index contributed by atoms with van der Waals surface area (Å²) in [5, 5.41) is 15.2. The number of unbranched alkanes of at least 4 members (excludes halogenated alkanes) is 2. The third-order valence-corrected chi connectivity index (χ3v) is 4.39. The Morgan fingerprint density at radius 1 is 1.05 bits per heavy atom. The van der Waals surface area contributed by atoms with Crippen molar-refractivity contribution in [2.75, 3.05) is 0 Å². The van der Waals surface area contributed by atoms with Crippen LogP contribution in [0.15, 0.2) is 12.1 Å². The number of nitrogens with zero attached hydrogens (tertiary/aromatic N) is 3. The van der Waals surface area contributed by atoms with Gasteiger partial charge in [0.05, 0.1) is 10.0 Å². The molecule has 0 aliphatic carbocycles. The van der Waals surface area contributed by atoms with Gasteiger partial charge in [0, 0.05) is 6.42 Å². The largest absolute Gasteiger partial charge is 0.243 e. The smallest absolute Gasteiger partial charge is 0.148 e. The van der Waals surface area contributed by atoms with Crippen molar-refractivity contribution in [2.24, 2.45) is 0 Å². The number of halogens is 2. The monoisotopic (exact) mass is 326 g/mol. The fourth-order valence-corrected chi connectivity index (χ4v) is 2.91. The molecule has 6 heteroatoms. The van der Waals surface area contributed by atoms with Gasteiger partial charge in [-0.3, -0.25) is 0 Å². The number of benzene rings is 1. The van der Waals surface area contributed by atoms with Crippen LogP contribution in [0.25, 0.3) is 0 Å². The molecule has 0 aliphatic rings. The van der Waals surface area contributed by atoms with Crippen LogP contribution in [0, 0.1) is 0 Å². The zero-order valence-corrected chi connectivity index (χ0v) is 13.7. The van der Waals surface area contributed by atoms with Crippen molar-refractivity contribution >= 4 is 23.2 Å². The molecule has 0 saturated heterocycles. The molecule has 0 radical (unpaired) electrons. The standard InChI is InChI=1S/C15H20Cl2N4/c1-2-6-12-11(9-10-13(16)15(12)17)7-4-3-5-8-14-18-20-21-19-14/h9-10H,2-8H2,1H3,(H,18,19,20,21). The first-order valence-electron chi connectivity index (χ1n) is 7.40. The van der Waals surface area contributed by atoms with Crippen LogP contribution in [0.2, 0.25) is 10.0 Å². The van der Waals surface area contributed by atoms with Gasteiger partial charge in [0.15, 0.2) is 0 Å². The maximum absolute atomic E-state index is 6.33. The van der Waals surface area contributed by atoms with Gasteiger partial charge >= 0.3 is 0 Å². The van der Waals surface area contributed by atoms with Gasteiger partial charge in [-0.15, -0.1) is 5.10 Å². The number of hydrogen-bond donors (Lipinski definition) is 1. The van der Waals surface area contributed by atoms with Gasteiger partial charge in [-0.1, -0.05) is 49.0 Å². The maximum Gasteiger partial charge on any atom is 0.148 e. The van der Waals surface area contributed by atoms with Crippen LogP contribution in [0.4, 0.5) is 0 Å². The number of tetrazole rings is 1. The summed E-state index contributed by atoms with van der Waals surface area (Å²) in [5.41, 5.74) is 2.54. The summed E-state index contributed by atoms with van der Waals surface area (Å²) >= 11 is 12.4. The van der Waals surface area contributed by atoms with Gasteiger partial charge in [-0.05, 0) is 53.3 Å². The molecular weight excluding hydrogens is 307 g/mol.